The summed E-state index contributed by atoms with van der Waals surface area (Å²) >= 11 is 7.76. The molecule has 0 bridgehead atoms. The average Bonchev–Trinajstić information content (AvgIpc) is 3.35. The van der Waals surface area contributed by atoms with Crippen LogP contribution in [-0.2, 0) is 7.05 Å². The molecule has 3 rings (SSSR count). The molecule has 0 radical (unpaired) electrons. The molecule has 0 aliphatic carbocycles. The van der Waals surface area contributed by atoms with Crippen LogP contribution in [0.15, 0.2) is 18.3 Å². The van der Waals surface area contributed by atoms with Crippen LogP contribution in [0.3, 0.4) is 0 Å². The lowest BCUT2D eigenvalue weighted by Gasteiger charge is -2.24. The third-order valence-corrected chi connectivity index (χ3v) is 6.43. The number of fused-ring (bicyclic) bond motifs is 1. The number of ether oxygens (including phenoxy) is 2. The van der Waals surface area contributed by atoms with Crippen molar-refractivity contribution in [2.24, 2.45) is 7.05 Å². The van der Waals surface area contributed by atoms with Crippen molar-refractivity contribution >= 4 is 44.2 Å². The van der Waals surface area contributed by atoms with Gasteiger partial charge < -0.3 is 14.4 Å². The maximum absolute atomic E-state index is 13.5. The highest BCUT2D eigenvalue weighted by molar-refractivity contribution is 7.23. The van der Waals surface area contributed by atoms with Gasteiger partial charge in [0.1, 0.15) is 16.8 Å². The minimum absolute atomic E-state index is 0.221. The number of benzene rings is 1. The zero-order valence-electron chi connectivity index (χ0n) is 17.8. The van der Waals surface area contributed by atoms with Crippen molar-refractivity contribution in [3.8, 4) is 11.6 Å². The molecule has 0 aliphatic heterocycles. The first-order valence-corrected chi connectivity index (χ1v) is 10.9. The molecule has 2 heterocycles. The molecule has 1 aromatic carbocycles. The normalized spacial score (nSPS) is 11.3. The lowest BCUT2D eigenvalue weighted by atomic mass is 10.3. The van der Waals surface area contributed by atoms with Gasteiger partial charge in [0, 0.05) is 26.3 Å². The van der Waals surface area contributed by atoms with E-state index >= 15 is 0 Å². The van der Waals surface area contributed by atoms with E-state index in [2.05, 4.69) is 23.8 Å². The van der Waals surface area contributed by atoms with Crippen molar-refractivity contribution in [1.29, 1.82) is 0 Å². The van der Waals surface area contributed by atoms with Crippen molar-refractivity contribution in [2.45, 2.75) is 13.8 Å². The van der Waals surface area contributed by atoms with Gasteiger partial charge >= 0.3 is 0 Å². The van der Waals surface area contributed by atoms with E-state index in [9.17, 15) is 4.79 Å². The SMILES string of the molecule is CCN(CC)CCN(C(=O)c1cn(C)nc1OC)c1nc2c(OC)ccc(Cl)c2s1. The summed E-state index contributed by atoms with van der Waals surface area (Å²) in [5, 5.41) is 5.35. The van der Waals surface area contributed by atoms with Crippen LogP contribution in [0.5, 0.6) is 11.6 Å². The van der Waals surface area contributed by atoms with Gasteiger partial charge in [0.15, 0.2) is 5.13 Å². The van der Waals surface area contributed by atoms with Gasteiger partial charge in [0.25, 0.3) is 5.91 Å². The summed E-state index contributed by atoms with van der Waals surface area (Å²) < 4.78 is 13.1. The van der Waals surface area contributed by atoms with Crippen LogP contribution in [0.4, 0.5) is 5.13 Å². The van der Waals surface area contributed by atoms with Crippen molar-refractivity contribution in [2.75, 3.05) is 45.3 Å². The molecule has 0 spiro atoms. The highest BCUT2D eigenvalue weighted by Gasteiger charge is 2.27. The number of halogens is 1. The molecule has 1 amide bonds. The fourth-order valence-electron chi connectivity index (χ4n) is 3.20. The molecule has 3 aromatic rings. The van der Waals surface area contributed by atoms with E-state index in [1.54, 1.807) is 42.1 Å². The van der Waals surface area contributed by atoms with Crippen LogP contribution in [0.1, 0.15) is 24.2 Å². The summed E-state index contributed by atoms with van der Waals surface area (Å²) in [6.45, 7) is 7.17. The first-order valence-electron chi connectivity index (χ1n) is 9.68. The molecule has 0 fully saturated rings. The van der Waals surface area contributed by atoms with E-state index < -0.39 is 0 Å². The minimum atomic E-state index is -0.221. The Kier molecular flexibility index (Phi) is 7.17. The Hall–Kier alpha value is -2.36. The molecule has 0 saturated heterocycles. The van der Waals surface area contributed by atoms with E-state index in [1.165, 1.54) is 18.4 Å². The van der Waals surface area contributed by atoms with Gasteiger partial charge in [0.2, 0.25) is 5.88 Å². The summed E-state index contributed by atoms with van der Waals surface area (Å²) in [6.07, 6.45) is 1.66. The number of carbonyl (C=O) groups excluding carboxylic acids is 1. The number of hydrogen-bond acceptors (Lipinski definition) is 7. The molecular weight excluding hydrogens is 426 g/mol. The smallest absolute Gasteiger partial charge is 0.267 e. The number of amides is 1. The van der Waals surface area contributed by atoms with Gasteiger partial charge in [-0.15, -0.1) is 5.10 Å². The Bertz CT molecular complexity index is 1030. The van der Waals surface area contributed by atoms with Gasteiger partial charge in [-0.2, -0.15) is 0 Å². The predicted molar refractivity (Wildman–Crippen MR) is 120 cm³/mol. The molecule has 0 unspecified atom stereocenters. The van der Waals surface area contributed by atoms with Crippen LogP contribution in [-0.4, -0.2) is 66.0 Å². The quantitative estimate of drug-likeness (QED) is 0.494. The second kappa shape index (κ2) is 9.63. The largest absolute Gasteiger partial charge is 0.494 e. The number of hydrogen-bond donors (Lipinski definition) is 0. The fourth-order valence-corrected chi connectivity index (χ4v) is 4.48. The lowest BCUT2D eigenvalue weighted by molar-refractivity contribution is 0.0980. The van der Waals surface area contributed by atoms with Crippen LogP contribution < -0.4 is 14.4 Å². The van der Waals surface area contributed by atoms with E-state index in [0.717, 1.165) is 17.8 Å². The van der Waals surface area contributed by atoms with E-state index in [0.29, 0.717) is 40.1 Å². The van der Waals surface area contributed by atoms with E-state index in [1.807, 2.05) is 0 Å². The Morgan fingerprint density at radius 3 is 2.57 bits per heavy atom. The highest BCUT2D eigenvalue weighted by atomic mass is 35.5. The number of aryl methyl sites for hydroxylation is 1. The monoisotopic (exact) mass is 451 g/mol. The molecular formula is C20H26ClN5O3S. The van der Waals surface area contributed by atoms with E-state index in [4.69, 9.17) is 26.1 Å². The first-order chi connectivity index (χ1) is 14.4. The number of methoxy groups -OCH3 is 2. The standard InChI is InChI=1S/C20H26ClN5O3S/c1-6-25(7-2)10-11-26(19(27)13-12-24(3)23-18(13)29-5)20-22-16-15(28-4)9-8-14(21)17(16)30-20/h8-9,12H,6-7,10-11H2,1-5H3. The van der Waals surface area contributed by atoms with Crippen LogP contribution in [0.2, 0.25) is 5.02 Å². The fraction of sp³-hybridized carbons (Fsp3) is 0.450. The zero-order valence-corrected chi connectivity index (χ0v) is 19.4. The lowest BCUT2D eigenvalue weighted by Crippen LogP contribution is -2.38. The highest BCUT2D eigenvalue weighted by Crippen LogP contribution is 2.39. The van der Waals surface area contributed by atoms with Crippen LogP contribution in [0, 0.1) is 0 Å². The number of nitrogens with zero attached hydrogens (tertiary/aromatic N) is 5. The summed E-state index contributed by atoms with van der Waals surface area (Å²) in [4.78, 5) is 22.1. The Morgan fingerprint density at radius 2 is 1.93 bits per heavy atom. The molecule has 2 aromatic heterocycles. The number of aromatic nitrogens is 3. The van der Waals surface area contributed by atoms with Gasteiger partial charge in [0.05, 0.1) is 23.9 Å². The summed E-state index contributed by atoms with van der Waals surface area (Å²) in [6, 6.07) is 3.55. The maximum atomic E-state index is 13.5. The van der Waals surface area contributed by atoms with Gasteiger partial charge in [-0.1, -0.05) is 36.8 Å². The van der Waals surface area contributed by atoms with Gasteiger partial charge in [-0.05, 0) is 25.2 Å². The predicted octanol–water partition coefficient (Wildman–Crippen LogP) is 3.69. The molecule has 8 nitrogen and oxygen atoms in total. The number of carbonyl (C=O) groups is 1. The molecule has 10 heteroatoms. The second-order valence-corrected chi connectivity index (χ2v) is 8.02. The molecule has 0 atom stereocenters. The zero-order chi connectivity index (χ0) is 21.8. The summed E-state index contributed by atoms with van der Waals surface area (Å²) in [7, 11) is 4.84. The molecule has 162 valence electrons. The summed E-state index contributed by atoms with van der Waals surface area (Å²) in [5.41, 5.74) is 1.03. The maximum Gasteiger partial charge on any atom is 0.267 e. The number of rotatable bonds is 9. The Labute approximate surface area is 184 Å². The topological polar surface area (TPSA) is 72.7 Å². The molecule has 0 N–H and O–H groups in total. The van der Waals surface area contributed by atoms with Crippen molar-refractivity contribution in [1.82, 2.24) is 19.7 Å². The number of likely N-dealkylation sites (N-methyl/N-ethyl adjacent to an activating group) is 1. The van der Waals surface area contributed by atoms with E-state index in [-0.39, 0.29) is 11.8 Å². The molecule has 30 heavy (non-hydrogen) atoms. The average molecular weight is 452 g/mol. The minimum Gasteiger partial charge on any atom is -0.494 e. The van der Waals surface area contributed by atoms with Crippen LogP contribution >= 0.6 is 22.9 Å². The Morgan fingerprint density at radius 1 is 1.20 bits per heavy atom. The van der Waals surface area contributed by atoms with Crippen LogP contribution in [0.25, 0.3) is 10.2 Å². The van der Waals surface area contributed by atoms with Crippen molar-refractivity contribution in [3.63, 3.8) is 0 Å². The third-order valence-electron chi connectivity index (χ3n) is 4.90. The van der Waals surface area contributed by atoms with Crippen molar-refractivity contribution in [3.05, 3.63) is 28.9 Å². The van der Waals surface area contributed by atoms with Gasteiger partial charge in [-0.3, -0.25) is 14.4 Å². The third kappa shape index (κ3) is 4.38. The summed E-state index contributed by atoms with van der Waals surface area (Å²) in [5.74, 6) is 0.681. The molecule has 0 saturated carbocycles. The number of anilines is 1. The second-order valence-electron chi connectivity index (χ2n) is 6.63. The first kappa shape index (κ1) is 22.3. The van der Waals surface area contributed by atoms with Crippen molar-refractivity contribution < 1.29 is 14.3 Å². The Balaban J connectivity index is 2.06. The molecule has 0 aliphatic rings. The van der Waals surface area contributed by atoms with Gasteiger partial charge in [-0.25, -0.2) is 4.98 Å². The number of thiazole rings is 1.